The lowest BCUT2D eigenvalue weighted by Crippen LogP contribution is -2.18. The van der Waals surface area contributed by atoms with Crippen molar-refractivity contribution in [1.29, 1.82) is 0 Å². The highest BCUT2D eigenvalue weighted by Gasteiger charge is 2.06. The van der Waals surface area contributed by atoms with E-state index in [-0.39, 0.29) is 0 Å². The molecule has 1 rings (SSSR count). The van der Waals surface area contributed by atoms with Crippen LogP contribution in [0.1, 0.15) is 39.5 Å². The standard InChI is InChI=1S/C14H24N2O2S/c1-4-6-12(7-5-2)15-13-8-10-14(11-9-13)16-19(3,17)18/h8-12,15-16H,4-7H2,1-3H3. The van der Waals surface area contributed by atoms with Crippen molar-refractivity contribution in [2.45, 2.75) is 45.6 Å². The Kier molecular flexibility index (Phi) is 6.15. The third-order valence-electron chi connectivity index (χ3n) is 2.83. The van der Waals surface area contributed by atoms with Crippen LogP contribution < -0.4 is 10.0 Å². The fraction of sp³-hybridized carbons (Fsp3) is 0.571. The van der Waals surface area contributed by atoms with Gasteiger partial charge < -0.3 is 5.32 Å². The van der Waals surface area contributed by atoms with Crippen molar-refractivity contribution >= 4 is 21.4 Å². The van der Waals surface area contributed by atoms with Crippen molar-refractivity contribution < 1.29 is 8.42 Å². The first kappa shape index (κ1) is 15.8. The molecular weight excluding hydrogens is 260 g/mol. The summed E-state index contributed by atoms with van der Waals surface area (Å²) in [6, 6.07) is 7.86. The predicted octanol–water partition coefficient (Wildman–Crippen LogP) is 3.44. The second-order valence-electron chi connectivity index (χ2n) is 4.87. The van der Waals surface area contributed by atoms with Crippen LogP contribution in [-0.4, -0.2) is 20.7 Å². The first-order chi connectivity index (χ1) is 8.94. The molecule has 0 atom stereocenters. The molecule has 1 aromatic rings. The van der Waals surface area contributed by atoms with Crippen molar-refractivity contribution in [3.05, 3.63) is 24.3 Å². The molecule has 0 fully saturated rings. The first-order valence-electron chi connectivity index (χ1n) is 6.79. The van der Waals surface area contributed by atoms with Gasteiger partial charge in [0.1, 0.15) is 0 Å². The normalized spacial score (nSPS) is 11.6. The van der Waals surface area contributed by atoms with Gasteiger partial charge in [-0.1, -0.05) is 26.7 Å². The molecule has 5 heteroatoms. The Balaban J connectivity index is 2.64. The lowest BCUT2D eigenvalue weighted by molar-refractivity contribution is 0.586. The molecule has 0 heterocycles. The van der Waals surface area contributed by atoms with E-state index in [1.165, 1.54) is 0 Å². The van der Waals surface area contributed by atoms with Gasteiger partial charge in [-0.25, -0.2) is 8.42 Å². The minimum absolute atomic E-state index is 0.490. The summed E-state index contributed by atoms with van der Waals surface area (Å²) in [7, 11) is -3.20. The summed E-state index contributed by atoms with van der Waals surface area (Å²) in [6.07, 6.45) is 5.77. The molecule has 0 amide bonds. The van der Waals surface area contributed by atoms with Crippen LogP contribution in [-0.2, 0) is 10.0 Å². The van der Waals surface area contributed by atoms with E-state index >= 15 is 0 Å². The molecule has 0 saturated heterocycles. The van der Waals surface area contributed by atoms with Gasteiger partial charge in [-0.05, 0) is 37.1 Å². The third-order valence-corrected chi connectivity index (χ3v) is 3.44. The maximum absolute atomic E-state index is 11.1. The number of rotatable bonds is 8. The molecule has 0 aliphatic carbocycles. The van der Waals surface area contributed by atoms with E-state index < -0.39 is 10.0 Å². The van der Waals surface area contributed by atoms with Gasteiger partial charge in [0.2, 0.25) is 10.0 Å². The van der Waals surface area contributed by atoms with E-state index in [0.29, 0.717) is 11.7 Å². The third kappa shape index (κ3) is 6.47. The highest BCUT2D eigenvalue weighted by atomic mass is 32.2. The van der Waals surface area contributed by atoms with Crippen molar-refractivity contribution in [1.82, 2.24) is 0 Å². The summed E-state index contributed by atoms with van der Waals surface area (Å²) in [6.45, 7) is 4.37. The van der Waals surface area contributed by atoms with E-state index in [1.807, 2.05) is 12.1 Å². The van der Waals surface area contributed by atoms with Gasteiger partial charge >= 0.3 is 0 Å². The summed E-state index contributed by atoms with van der Waals surface area (Å²) in [5, 5.41) is 3.49. The topological polar surface area (TPSA) is 58.2 Å². The molecule has 19 heavy (non-hydrogen) atoms. The maximum atomic E-state index is 11.1. The van der Waals surface area contributed by atoms with Gasteiger partial charge in [0, 0.05) is 17.4 Å². The van der Waals surface area contributed by atoms with Crippen LogP contribution in [0, 0.1) is 0 Å². The van der Waals surface area contributed by atoms with Gasteiger partial charge in [-0.2, -0.15) is 0 Å². The summed E-state index contributed by atoms with van der Waals surface area (Å²) >= 11 is 0. The van der Waals surface area contributed by atoms with E-state index in [2.05, 4.69) is 23.9 Å². The minimum Gasteiger partial charge on any atom is -0.382 e. The SMILES string of the molecule is CCCC(CCC)Nc1ccc(NS(C)(=O)=O)cc1. The Labute approximate surface area is 116 Å². The van der Waals surface area contributed by atoms with Gasteiger partial charge in [0.05, 0.1) is 6.26 Å². The molecule has 108 valence electrons. The molecule has 0 aliphatic rings. The second-order valence-corrected chi connectivity index (χ2v) is 6.62. The van der Waals surface area contributed by atoms with Crippen LogP contribution in [0.2, 0.25) is 0 Å². The molecule has 4 nitrogen and oxygen atoms in total. The number of hydrogen-bond acceptors (Lipinski definition) is 3. The molecule has 0 spiro atoms. The average molecular weight is 284 g/mol. The molecule has 0 unspecified atom stereocenters. The van der Waals surface area contributed by atoms with Crippen LogP contribution in [0.15, 0.2) is 24.3 Å². The van der Waals surface area contributed by atoms with E-state index in [4.69, 9.17) is 0 Å². The summed E-state index contributed by atoms with van der Waals surface area (Å²) < 4.78 is 24.7. The van der Waals surface area contributed by atoms with E-state index in [9.17, 15) is 8.42 Å². The second kappa shape index (κ2) is 7.38. The molecule has 0 radical (unpaired) electrons. The van der Waals surface area contributed by atoms with E-state index in [1.54, 1.807) is 12.1 Å². The zero-order valence-corrected chi connectivity index (χ0v) is 12.8. The van der Waals surface area contributed by atoms with Crippen molar-refractivity contribution in [3.63, 3.8) is 0 Å². The zero-order chi connectivity index (χ0) is 14.3. The maximum Gasteiger partial charge on any atom is 0.229 e. The van der Waals surface area contributed by atoms with Gasteiger partial charge in [0.15, 0.2) is 0 Å². The number of anilines is 2. The molecule has 0 aliphatic heterocycles. The van der Waals surface area contributed by atoms with Gasteiger partial charge in [-0.15, -0.1) is 0 Å². The quantitative estimate of drug-likeness (QED) is 0.769. The summed E-state index contributed by atoms with van der Waals surface area (Å²) in [4.78, 5) is 0. The lowest BCUT2D eigenvalue weighted by Gasteiger charge is -2.19. The Morgan fingerprint density at radius 2 is 1.47 bits per heavy atom. The molecule has 2 N–H and O–H groups in total. The zero-order valence-electron chi connectivity index (χ0n) is 11.9. The Hall–Kier alpha value is -1.23. The van der Waals surface area contributed by atoms with E-state index in [0.717, 1.165) is 37.6 Å². The van der Waals surface area contributed by atoms with Crippen LogP contribution in [0.3, 0.4) is 0 Å². The lowest BCUT2D eigenvalue weighted by atomic mass is 10.1. The molecule has 0 saturated carbocycles. The predicted molar refractivity (Wildman–Crippen MR) is 82.1 cm³/mol. The van der Waals surface area contributed by atoms with Crippen LogP contribution in [0.25, 0.3) is 0 Å². The minimum atomic E-state index is -3.20. The highest BCUT2D eigenvalue weighted by molar-refractivity contribution is 7.92. The number of benzene rings is 1. The number of nitrogens with one attached hydrogen (secondary N) is 2. The largest absolute Gasteiger partial charge is 0.382 e. The van der Waals surface area contributed by atoms with Crippen molar-refractivity contribution in [2.75, 3.05) is 16.3 Å². The molecule has 0 bridgehead atoms. The van der Waals surface area contributed by atoms with Crippen molar-refractivity contribution in [2.24, 2.45) is 0 Å². The monoisotopic (exact) mass is 284 g/mol. The Morgan fingerprint density at radius 3 is 1.89 bits per heavy atom. The molecular formula is C14H24N2O2S. The van der Waals surface area contributed by atoms with Crippen molar-refractivity contribution in [3.8, 4) is 0 Å². The van der Waals surface area contributed by atoms with Crippen LogP contribution >= 0.6 is 0 Å². The fourth-order valence-electron chi connectivity index (χ4n) is 2.07. The number of hydrogen-bond donors (Lipinski definition) is 2. The number of sulfonamides is 1. The summed E-state index contributed by atoms with van der Waals surface area (Å²) in [5.41, 5.74) is 1.63. The fourth-order valence-corrected chi connectivity index (χ4v) is 2.63. The van der Waals surface area contributed by atoms with Gasteiger partial charge in [-0.3, -0.25) is 4.72 Å². The highest BCUT2D eigenvalue weighted by Crippen LogP contribution is 2.18. The first-order valence-corrected chi connectivity index (χ1v) is 8.68. The smallest absolute Gasteiger partial charge is 0.229 e. The Bertz CT molecular complexity index is 463. The molecule has 1 aromatic carbocycles. The Morgan fingerprint density at radius 1 is 1.00 bits per heavy atom. The van der Waals surface area contributed by atoms with Crippen LogP contribution in [0.4, 0.5) is 11.4 Å². The molecule has 0 aromatic heterocycles. The van der Waals surface area contributed by atoms with Gasteiger partial charge in [0.25, 0.3) is 0 Å². The average Bonchev–Trinajstić information content (AvgIpc) is 2.30. The van der Waals surface area contributed by atoms with Crippen LogP contribution in [0.5, 0.6) is 0 Å². The summed E-state index contributed by atoms with van der Waals surface area (Å²) in [5.74, 6) is 0.